The van der Waals surface area contributed by atoms with Crippen LogP contribution in [0.3, 0.4) is 0 Å². The fourth-order valence-corrected chi connectivity index (χ4v) is 3.24. The van der Waals surface area contributed by atoms with Crippen LogP contribution < -0.4 is 10.6 Å². The van der Waals surface area contributed by atoms with Crippen molar-refractivity contribution >= 4 is 17.0 Å². The molecule has 0 radical (unpaired) electrons. The van der Waals surface area contributed by atoms with Crippen LogP contribution >= 0.6 is 11.3 Å². The largest absolute Gasteiger partial charge is 0.365 e. The third-order valence-corrected chi connectivity index (χ3v) is 4.14. The van der Waals surface area contributed by atoms with Crippen molar-refractivity contribution in [2.75, 3.05) is 18.0 Å². The average molecular weight is 259 g/mol. The Morgan fingerprint density at radius 2 is 2.28 bits per heavy atom. The molecule has 4 heteroatoms. The molecule has 0 fully saturated rings. The number of para-hydroxylation sites is 1. The Hall–Kier alpha value is -1.39. The summed E-state index contributed by atoms with van der Waals surface area (Å²) < 4.78 is 0. The van der Waals surface area contributed by atoms with Gasteiger partial charge in [0, 0.05) is 23.5 Å². The predicted octanol–water partition coefficient (Wildman–Crippen LogP) is 2.60. The summed E-state index contributed by atoms with van der Waals surface area (Å²) in [7, 11) is 0. The molecule has 0 aliphatic carbocycles. The number of hydrogen-bond donors (Lipinski definition) is 1. The molecule has 3 nitrogen and oxygen atoms in total. The third-order valence-electron chi connectivity index (χ3n) is 3.51. The highest BCUT2D eigenvalue weighted by molar-refractivity contribution is 7.07. The van der Waals surface area contributed by atoms with E-state index >= 15 is 0 Å². The summed E-state index contributed by atoms with van der Waals surface area (Å²) in [6, 6.07) is 8.67. The van der Waals surface area contributed by atoms with Crippen LogP contribution in [0.15, 0.2) is 35.2 Å². The molecule has 0 bridgehead atoms. The first-order chi connectivity index (χ1) is 8.88. The molecule has 0 saturated carbocycles. The van der Waals surface area contributed by atoms with Crippen molar-refractivity contribution < 1.29 is 0 Å². The Labute approximate surface area is 111 Å². The molecule has 1 aliphatic rings. The minimum Gasteiger partial charge on any atom is -0.365 e. The van der Waals surface area contributed by atoms with E-state index in [9.17, 15) is 0 Å². The third kappa shape index (κ3) is 2.13. The lowest BCUT2D eigenvalue weighted by atomic mass is 9.98. The van der Waals surface area contributed by atoms with E-state index in [0.29, 0.717) is 5.92 Å². The highest BCUT2D eigenvalue weighted by atomic mass is 32.1. The van der Waals surface area contributed by atoms with Crippen molar-refractivity contribution in [1.29, 1.82) is 0 Å². The van der Waals surface area contributed by atoms with Crippen LogP contribution in [-0.2, 0) is 6.54 Å². The second-order valence-corrected chi connectivity index (χ2v) is 5.41. The number of benzene rings is 1. The summed E-state index contributed by atoms with van der Waals surface area (Å²) in [5.74, 6) is 0.574. The standard InChI is InChI=1S/C14H17N3S/c15-6-5-11-7-17(8-12-9-18-10-16-12)14-4-2-1-3-13(11)14/h1-4,9-11H,5-8,15H2. The molecule has 2 aromatic rings. The zero-order valence-corrected chi connectivity index (χ0v) is 11.1. The Morgan fingerprint density at radius 1 is 1.39 bits per heavy atom. The Kier molecular flexibility index (Phi) is 3.30. The van der Waals surface area contributed by atoms with Gasteiger partial charge < -0.3 is 10.6 Å². The first kappa shape index (κ1) is 11.7. The molecule has 1 atom stereocenters. The number of aromatic nitrogens is 1. The van der Waals surface area contributed by atoms with Crippen molar-refractivity contribution in [3.63, 3.8) is 0 Å². The van der Waals surface area contributed by atoms with E-state index in [0.717, 1.165) is 31.7 Å². The molecule has 0 saturated heterocycles. The molecule has 2 heterocycles. The molecule has 1 unspecified atom stereocenters. The van der Waals surface area contributed by atoms with Gasteiger partial charge in [-0.2, -0.15) is 0 Å². The summed E-state index contributed by atoms with van der Waals surface area (Å²) in [4.78, 5) is 6.80. The Morgan fingerprint density at radius 3 is 3.06 bits per heavy atom. The van der Waals surface area contributed by atoms with Gasteiger partial charge in [0.1, 0.15) is 0 Å². The summed E-state index contributed by atoms with van der Waals surface area (Å²) in [6.07, 6.45) is 1.06. The highest BCUT2D eigenvalue weighted by Gasteiger charge is 2.27. The molecule has 1 aliphatic heterocycles. The van der Waals surface area contributed by atoms with Gasteiger partial charge in [-0.3, -0.25) is 0 Å². The zero-order valence-electron chi connectivity index (χ0n) is 10.2. The normalized spacial score (nSPS) is 18.1. The van der Waals surface area contributed by atoms with Crippen LogP contribution in [0.4, 0.5) is 5.69 Å². The lowest BCUT2D eigenvalue weighted by molar-refractivity contribution is 0.642. The van der Waals surface area contributed by atoms with Crippen LogP contribution in [0, 0.1) is 0 Å². The monoisotopic (exact) mass is 259 g/mol. The van der Waals surface area contributed by atoms with Crippen molar-refractivity contribution in [2.45, 2.75) is 18.9 Å². The fourth-order valence-electron chi connectivity index (χ4n) is 2.69. The van der Waals surface area contributed by atoms with Crippen molar-refractivity contribution in [3.8, 4) is 0 Å². The van der Waals surface area contributed by atoms with E-state index in [-0.39, 0.29) is 0 Å². The number of nitrogens with two attached hydrogens (primary N) is 1. The second kappa shape index (κ2) is 5.08. The number of thiazole rings is 1. The van der Waals surface area contributed by atoms with E-state index in [1.165, 1.54) is 11.3 Å². The maximum absolute atomic E-state index is 5.72. The molecular weight excluding hydrogens is 242 g/mol. The number of hydrogen-bond acceptors (Lipinski definition) is 4. The maximum Gasteiger partial charge on any atom is 0.0795 e. The SMILES string of the molecule is NCCC1CN(Cc2cscn2)c2ccccc21. The molecule has 94 valence electrons. The van der Waals surface area contributed by atoms with Gasteiger partial charge in [-0.1, -0.05) is 18.2 Å². The lowest BCUT2D eigenvalue weighted by Gasteiger charge is -2.18. The van der Waals surface area contributed by atoms with Gasteiger partial charge in [0.2, 0.25) is 0 Å². The van der Waals surface area contributed by atoms with E-state index in [1.807, 2.05) is 5.51 Å². The van der Waals surface area contributed by atoms with Gasteiger partial charge in [0.25, 0.3) is 0 Å². The van der Waals surface area contributed by atoms with Crippen molar-refractivity contribution in [2.24, 2.45) is 5.73 Å². The van der Waals surface area contributed by atoms with Crippen LogP contribution in [0.2, 0.25) is 0 Å². The summed E-state index contributed by atoms with van der Waals surface area (Å²) in [5.41, 5.74) is 11.6. The van der Waals surface area contributed by atoms with Crippen molar-refractivity contribution in [3.05, 3.63) is 46.4 Å². The molecule has 2 N–H and O–H groups in total. The molecule has 1 aromatic carbocycles. The van der Waals surface area contributed by atoms with Gasteiger partial charge in [-0.25, -0.2) is 4.98 Å². The maximum atomic E-state index is 5.72. The average Bonchev–Trinajstić information content (AvgIpc) is 3.00. The molecule has 1 aromatic heterocycles. The van der Waals surface area contributed by atoms with Crippen LogP contribution in [0.25, 0.3) is 0 Å². The van der Waals surface area contributed by atoms with Crippen LogP contribution in [0.1, 0.15) is 23.6 Å². The molecule has 0 amide bonds. The molecule has 18 heavy (non-hydrogen) atoms. The zero-order chi connectivity index (χ0) is 12.4. The number of fused-ring (bicyclic) bond motifs is 1. The number of nitrogens with zero attached hydrogens (tertiary/aromatic N) is 2. The lowest BCUT2D eigenvalue weighted by Crippen LogP contribution is -2.22. The Balaban J connectivity index is 1.85. The van der Waals surface area contributed by atoms with Gasteiger partial charge in [-0.05, 0) is 24.6 Å². The van der Waals surface area contributed by atoms with Gasteiger partial charge in [-0.15, -0.1) is 11.3 Å². The van der Waals surface area contributed by atoms with E-state index in [1.54, 1.807) is 11.3 Å². The minimum atomic E-state index is 0.574. The summed E-state index contributed by atoms with van der Waals surface area (Å²) in [6.45, 7) is 2.72. The van der Waals surface area contributed by atoms with E-state index in [2.05, 4.69) is 39.5 Å². The first-order valence-electron chi connectivity index (χ1n) is 6.29. The number of anilines is 1. The smallest absolute Gasteiger partial charge is 0.0795 e. The topological polar surface area (TPSA) is 42.1 Å². The molecule has 3 rings (SSSR count). The second-order valence-electron chi connectivity index (χ2n) is 4.69. The quantitative estimate of drug-likeness (QED) is 0.917. The van der Waals surface area contributed by atoms with Crippen molar-refractivity contribution in [1.82, 2.24) is 4.98 Å². The molecular formula is C14H17N3S. The first-order valence-corrected chi connectivity index (χ1v) is 7.24. The van der Waals surface area contributed by atoms with Gasteiger partial charge in [0.05, 0.1) is 17.7 Å². The summed E-state index contributed by atoms with van der Waals surface area (Å²) >= 11 is 1.66. The number of rotatable bonds is 4. The van der Waals surface area contributed by atoms with Gasteiger partial charge >= 0.3 is 0 Å². The summed E-state index contributed by atoms with van der Waals surface area (Å²) in [5, 5.41) is 2.12. The minimum absolute atomic E-state index is 0.574. The van der Waals surface area contributed by atoms with Crippen LogP contribution in [0.5, 0.6) is 0 Å². The Bertz CT molecular complexity index is 510. The van der Waals surface area contributed by atoms with Crippen LogP contribution in [-0.4, -0.2) is 18.1 Å². The molecule has 0 spiro atoms. The predicted molar refractivity (Wildman–Crippen MR) is 76.0 cm³/mol. The fraction of sp³-hybridized carbons (Fsp3) is 0.357. The van der Waals surface area contributed by atoms with E-state index < -0.39 is 0 Å². The highest BCUT2D eigenvalue weighted by Crippen LogP contribution is 2.38. The van der Waals surface area contributed by atoms with E-state index in [4.69, 9.17) is 5.73 Å². The van der Waals surface area contributed by atoms with Gasteiger partial charge in [0.15, 0.2) is 0 Å².